The van der Waals surface area contributed by atoms with Crippen LogP contribution in [-0.2, 0) is 28.3 Å². The molecule has 0 radical (unpaired) electrons. The van der Waals surface area contributed by atoms with Crippen molar-refractivity contribution in [3.8, 4) is 0 Å². The van der Waals surface area contributed by atoms with Gasteiger partial charge >= 0.3 is 0 Å². The van der Waals surface area contributed by atoms with Gasteiger partial charge in [0.2, 0.25) is 5.91 Å². The summed E-state index contributed by atoms with van der Waals surface area (Å²) in [7, 11) is 0. The molecule has 7 heteroatoms. The topological polar surface area (TPSA) is 54.5 Å². The molecule has 3 heterocycles. The predicted octanol–water partition coefficient (Wildman–Crippen LogP) is 3.19. The van der Waals surface area contributed by atoms with Crippen LogP contribution in [0.15, 0.2) is 30.3 Å². The summed E-state index contributed by atoms with van der Waals surface area (Å²) in [5, 5.41) is 3.30. The number of piperidine rings is 1. The fourth-order valence-corrected chi connectivity index (χ4v) is 4.86. The number of ether oxygens (including phenoxy) is 1. The van der Waals surface area contributed by atoms with Crippen LogP contribution in [0.4, 0.5) is 8.78 Å². The summed E-state index contributed by atoms with van der Waals surface area (Å²) in [4.78, 5) is 20.3. The summed E-state index contributed by atoms with van der Waals surface area (Å²) >= 11 is 0. The molecule has 1 aromatic heterocycles. The zero-order valence-corrected chi connectivity index (χ0v) is 17.0. The van der Waals surface area contributed by atoms with Gasteiger partial charge in [0.25, 0.3) is 0 Å². The predicted molar refractivity (Wildman–Crippen MR) is 106 cm³/mol. The summed E-state index contributed by atoms with van der Waals surface area (Å²) in [6.07, 6.45) is 2.49. The maximum atomic E-state index is 14.1. The molecule has 30 heavy (non-hydrogen) atoms. The maximum absolute atomic E-state index is 14.1. The SMILES string of the molecule is Cc1cccc(CN(C(=O)C2CNCCC23OCc2cc(F)c(F)cc23)C2CC2)n1. The van der Waals surface area contributed by atoms with Crippen molar-refractivity contribution in [3.05, 3.63) is 64.5 Å². The molecule has 158 valence electrons. The van der Waals surface area contributed by atoms with E-state index >= 15 is 0 Å². The first-order valence-corrected chi connectivity index (χ1v) is 10.5. The largest absolute Gasteiger partial charge is 0.365 e. The molecule has 2 aromatic rings. The van der Waals surface area contributed by atoms with Crippen molar-refractivity contribution in [2.75, 3.05) is 13.1 Å². The Labute approximate surface area is 174 Å². The van der Waals surface area contributed by atoms with E-state index in [-0.39, 0.29) is 18.6 Å². The summed E-state index contributed by atoms with van der Waals surface area (Å²) in [6.45, 7) is 3.68. The third-order valence-corrected chi connectivity index (χ3v) is 6.52. The number of hydrogen-bond donors (Lipinski definition) is 1. The number of pyridine rings is 1. The summed E-state index contributed by atoms with van der Waals surface area (Å²) in [6, 6.07) is 8.45. The number of fused-ring (bicyclic) bond motifs is 2. The van der Waals surface area contributed by atoms with Crippen LogP contribution in [0.2, 0.25) is 0 Å². The van der Waals surface area contributed by atoms with Crippen molar-refractivity contribution < 1.29 is 18.3 Å². The van der Waals surface area contributed by atoms with Crippen molar-refractivity contribution in [2.24, 2.45) is 5.92 Å². The highest BCUT2D eigenvalue weighted by Crippen LogP contribution is 2.48. The van der Waals surface area contributed by atoms with Gasteiger partial charge in [0.1, 0.15) is 5.60 Å². The third kappa shape index (κ3) is 3.30. The zero-order chi connectivity index (χ0) is 20.9. The van der Waals surface area contributed by atoms with Gasteiger partial charge in [0.15, 0.2) is 11.6 Å². The van der Waals surface area contributed by atoms with Crippen molar-refractivity contribution in [3.63, 3.8) is 0 Å². The van der Waals surface area contributed by atoms with E-state index < -0.39 is 23.2 Å². The van der Waals surface area contributed by atoms with Gasteiger partial charge in [-0.15, -0.1) is 0 Å². The van der Waals surface area contributed by atoms with E-state index in [0.29, 0.717) is 37.2 Å². The number of amides is 1. The number of benzene rings is 1. The number of carbonyl (C=O) groups is 1. The minimum Gasteiger partial charge on any atom is -0.365 e. The summed E-state index contributed by atoms with van der Waals surface area (Å²) < 4.78 is 34.1. The lowest BCUT2D eigenvalue weighted by molar-refractivity contribution is -0.157. The Balaban J connectivity index is 1.49. The van der Waals surface area contributed by atoms with E-state index in [1.807, 2.05) is 30.0 Å². The molecule has 1 saturated carbocycles. The molecule has 0 bridgehead atoms. The normalized spacial score (nSPS) is 25.4. The quantitative estimate of drug-likeness (QED) is 0.837. The van der Waals surface area contributed by atoms with E-state index in [1.165, 1.54) is 12.1 Å². The summed E-state index contributed by atoms with van der Waals surface area (Å²) in [5.41, 5.74) is 2.10. The van der Waals surface area contributed by atoms with Crippen molar-refractivity contribution in [1.82, 2.24) is 15.2 Å². The van der Waals surface area contributed by atoms with Crippen LogP contribution in [0.3, 0.4) is 0 Å². The number of aromatic nitrogens is 1. The Bertz CT molecular complexity index is 994. The van der Waals surface area contributed by atoms with Crippen molar-refractivity contribution >= 4 is 5.91 Å². The van der Waals surface area contributed by atoms with Gasteiger partial charge in [-0.2, -0.15) is 0 Å². The average Bonchev–Trinajstić information content (AvgIpc) is 3.52. The zero-order valence-electron chi connectivity index (χ0n) is 17.0. The van der Waals surface area contributed by atoms with E-state index in [2.05, 4.69) is 10.3 Å². The molecule has 5 nitrogen and oxygen atoms in total. The van der Waals surface area contributed by atoms with E-state index in [1.54, 1.807) is 0 Å². The van der Waals surface area contributed by atoms with Crippen LogP contribution in [0.25, 0.3) is 0 Å². The van der Waals surface area contributed by atoms with Gasteiger partial charge < -0.3 is 15.0 Å². The van der Waals surface area contributed by atoms with Crippen LogP contribution < -0.4 is 5.32 Å². The molecular weight excluding hydrogens is 388 g/mol. The second-order valence-electron chi connectivity index (χ2n) is 8.58. The molecule has 2 unspecified atom stereocenters. The number of rotatable bonds is 4. The number of carbonyl (C=O) groups excluding carboxylic acids is 1. The molecule has 2 fully saturated rings. The second-order valence-corrected chi connectivity index (χ2v) is 8.58. The Morgan fingerprint density at radius 1 is 1.30 bits per heavy atom. The fourth-order valence-electron chi connectivity index (χ4n) is 4.86. The van der Waals surface area contributed by atoms with Crippen molar-refractivity contribution in [2.45, 2.75) is 51.0 Å². The van der Waals surface area contributed by atoms with E-state index in [4.69, 9.17) is 4.74 Å². The highest BCUT2D eigenvalue weighted by atomic mass is 19.2. The van der Waals surface area contributed by atoms with Crippen LogP contribution in [-0.4, -0.2) is 34.9 Å². The monoisotopic (exact) mass is 413 g/mol. The molecule has 2 atom stereocenters. The lowest BCUT2D eigenvalue weighted by Crippen LogP contribution is -2.55. The number of nitrogens with zero attached hydrogens (tertiary/aromatic N) is 2. The molecule has 1 spiro atoms. The molecular formula is C23H25F2N3O2. The molecule has 2 aliphatic heterocycles. The van der Waals surface area contributed by atoms with Gasteiger partial charge in [0.05, 0.1) is 24.8 Å². The first-order valence-electron chi connectivity index (χ1n) is 10.5. The number of aryl methyl sites for hydroxylation is 1. The van der Waals surface area contributed by atoms with Gasteiger partial charge in [0, 0.05) is 18.3 Å². The minimum atomic E-state index is -0.917. The molecule has 3 aliphatic rings. The number of hydrogen-bond acceptors (Lipinski definition) is 4. The first kappa shape index (κ1) is 19.6. The van der Waals surface area contributed by atoms with Crippen LogP contribution >= 0.6 is 0 Å². The Hall–Kier alpha value is -2.38. The van der Waals surface area contributed by atoms with Crippen LogP contribution in [0.5, 0.6) is 0 Å². The van der Waals surface area contributed by atoms with Gasteiger partial charge in [-0.3, -0.25) is 9.78 Å². The van der Waals surface area contributed by atoms with Crippen LogP contribution in [0.1, 0.15) is 41.8 Å². The van der Waals surface area contributed by atoms with Crippen LogP contribution in [0, 0.1) is 24.5 Å². The Morgan fingerprint density at radius 3 is 2.87 bits per heavy atom. The minimum absolute atomic E-state index is 0.00871. The highest BCUT2D eigenvalue weighted by Gasteiger charge is 2.53. The summed E-state index contributed by atoms with van der Waals surface area (Å²) in [5.74, 6) is -2.28. The molecule has 1 aromatic carbocycles. The molecule has 5 rings (SSSR count). The molecule has 1 saturated heterocycles. The first-order chi connectivity index (χ1) is 14.5. The van der Waals surface area contributed by atoms with E-state index in [0.717, 1.165) is 24.2 Å². The third-order valence-electron chi connectivity index (χ3n) is 6.52. The second kappa shape index (κ2) is 7.39. The lowest BCUT2D eigenvalue weighted by Gasteiger charge is -2.42. The standard InChI is InChI=1S/C23H25F2N3O2/c1-14-3-2-4-16(27-14)12-28(17-5-6-17)22(29)19-11-26-8-7-23(19)18-10-21(25)20(24)9-15(18)13-30-23/h2-4,9-10,17,19,26H,5-8,11-13H2,1H3. The van der Waals surface area contributed by atoms with Gasteiger partial charge in [-0.1, -0.05) is 6.07 Å². The molecule has 1 amide bonds. The number of nitrogens with one attached hydrogen (secondary N) is 1. The smallest absolute Gasteiger partial charge is 0.230 e. The fraction of sp³-hybridized carbons (Fsp3) is 0.478. The molecule has 1 aliphatic carbocycles. The number of halogens is 2. The van der Waals surface area contributed by atoms with E-state index in [9.17, 15) is 13.6 Å². The van der Waals surface area contributed by atoms with Gasteiger partial charge in [-0.25, -0.2) is 8.78 Å². The maximum Gasteiger partial charge on any atom is 0.230 e. The Morgan fingerprint density at radius 2 is 2.10 bits per heavy atom. The van der Waals surface area contributed by atoms with Gasteiger partial charge in [-0.05, 0) is 68.1 Å². The lowest BCUT2D eigenvalue weighted by atomic mass is 9.75. The Kier molecular flexibility index (Phi) is 4.82. The molecule has 1 N–H and O–H groups in total. The average molecular weight is 413 g/mol. The van der Waals surface area contributed by atoms with Crippen molar-refractivity contribution in [1.29, 1.82) is 0 Å². The highest BCUT2D eigenvalue weighted by molar-refractivity contribution is 5.82.